The topological polar surface area (TPSA) is 43.6 Å². The number of unbranched alkanes of at least 4 members (excludes halogenated alkanes) is 15. The number of aromatic nitrogens is 1. The second-order valence-electron chi connectivity index (χ2n) is 22.7. The maximum atomic E-state index is 13.4. The number of hydrogen-bond donors (Lipinski definition) is 1. The van der Waals surface area contributed by atoms with E-state index in [1.54, 1.807) is 0 Å². The fraction of sp³-hybridized carbons (Fsp3) is 0.351. The van der Waals surface area contributed by atoms with Gasteiger partial charge in [0.25, 0.3) is 0 Å². The number of fused-ring (bicyclic) bond motifs is 9. The minimum atomic E-state index is -1.36. The van der Waals surface area contributed by atoms with E-state index in [4.69, 9.17) is 9.47 Å². The van der Waals surface area contributed by atoms with E-state index >= 15 is 0 Å². The van der Waals surface area contributed by atoms with Gasteiger partial charge in [-0.05, 0) is 147 Å². The van der Waals surface area contributed by atoms with Crippen molar-refractivity contribution in [3.8, 4) is 44.9 Å². The number of aryl methyl sites for hydroxylation is 1. The molecular weight excluding hydrogens is 1030 g/mol. The molecule has 1 aromatic heterocycles. The van der Waals surface area contributed by atoms with Crippen LogP contribution >= 0.6 is 15.9 Å². The van der Waals surface area contributed by atoms with Crippen LogP contribution in [0.3, 0.4) is 0 Å². The van der Waals surface area contributed by atoms with E-state index in [0.29, 0.717) is 6.61 Å². The zero-order valence-electron chi connectivity index (χ0n) is 47.1. The summed E-state index contributed by atoms with van der Waals surface area (Å²) < 4.78 is 16.4. The molecule has 0 saturated carbocycles. The molecule has 1 N–H and O–H groups in total. The fourth-order valence-electron chi connectivity index (χ4n) is 13.3. The second kappa shape index (κ2) is 24.9. The molecule has 0 fully saturated rings. The minimum Gasteiger partial charge on any atom is -0.494 e. The zero-order chi connectivity index (χ0) is 54.2. The Morgan fingerprint density at radius 3 is 1.52 bits per heavy atom. The molecule has 0 amide bonds. The van der Waals surface area contributed by atoms with E-state index in [0.717, 1.165) is 80.9 Å². The molecule has 2 aliphatic rings. The number of benzene rings is 8. The predicted octanol–water partition coefficient (Wildman–Crippen LogP) is 20.7. The van der Waals surface area contributed by atoms with Crippen molar-refractivity contribution in [3.05, 3.63) is 213 Å². The molecule has 4 nitrogen and oxygen atoms in total. The SMILES string of the molecule is CCCCCCCCOc1ccc(C2(O)c3ccccc3-c3ccc(-c4ccc5c(c4)C(c4ccc(OCCCCCCCC)cc4)(c4ccc6c(c4)c4ccccc4n6CCCCCCCC)c4cc(Br)ccc4-5)cc32)cc1. The molecule has 406 valence electrons. The van der Waals surface area contributed by atoms with Gasteiger partial charge in [-0.2, -0.15) is 0 Å². The van der Waals surface area contributed by atoms with Gasteiger partial charge in [0, 0.05) is 44.0 Å². The van der Waals surface area contributed by atoms with Gasteiger partial charge in [0.1, 0.15) is 17.1 Å². The van der Waals surface area contributed by atoms with Crippen molar-refractivity contribution < 1.29 is 14.6 Å². The highest BCUT2D eigenvalue weighted by atomic mass is 79.9. The van der Waals surface area contributed by atoms with Crippen LogP contribution in [0.1, 0.15) is 175 Å². The first kappa shape index (κ1) is 54.6. The second-order valence-corrected chi connectivity index (χ2v) is 23.6. The minimum absolute atomic E-state index is 0.689. The Bertz CT molecular complexity index is 3520. The van der Waals surface area contributed by atoms with E-state index in [1.807, 2.05) is 18.2 Å². The van der Waals surface area contributed by atoms with Crippen LogP contribution in [-0.4, -0.2) is 22.9 Å². The molecule has 0 aliphatic heterocycles. The fourth-order valence-corrected chi connectivity index (χ4v) is 13.7. The summed E-state index contributed by atoms with van der Waals surface area (Å²) in [4.78, 5) is 0. The van der Waals surface area contributed by atoms with Crippen LogP contribution in [0.5, 0.6) is 11.5 Å². The van der Waals surface area contributed by atoms with Crippen molar-refractivity contribution in [2.45, 2.75) is 154 Å². The van der Waals surface area contributed by atoms with Crippen LogP contribution in [-0.2, 0) is 17.6 Å². The number of para-hydroxylation sites is 1. The predicted molar refractivity (Wildman–Crippen MR) is 335 cm³/mol. The standard InChI is InChI=1S/C74H80BrNO3/c1-4-7-10-13-16-23-46-76-71-29-22-20-27-65(71)66-51-57(36-45-72(66)76)73(55-32-38-59(39-33-55)78-47-24-17-14-11-8-5-2)68-49-53(30-42-62(68)63-44-37-58(75)52-69(63)73)54-31-43-64-61-26-19-21-28-67(61)74(77,70(64)50-54)56-34-40-60(41-35-56)79-48-25-18-15-12-9-6-3/h19-22,26-45,49-52,77H,4-18,23-25,46-48H2,1-3H3. The van der Waals surface area contributed by atoms with Gasteiger partial charge in [-0.25, -0.2) is 0 Å². The highest BCUT2D eigenvalue weighted by molar-refractivity contribution is 9.10. The van der Waals surface area contributed by atoms with Crippen molar-refractivity contribution in [1.29, 1.82) is 0 Å². The number of hydrogen-bond acceptors (Lipinski definition) is 3. The average Bonchev–Trinajstić information content (AvgIpc) is 3.44. The summed E-state index contributed by atoms with van der Waals surface area (Å²) in [5.41, 5.74) is 14.8. The molecule has 9 aromatic rings. The first-order valence-corrected chi connectivity index (χ1v) is 31.1. The molecule has 5 heteroatoms. The van der Waals surface area contributed by atoms with E-state index in [2.05, 4.69) is 193 Å². The van der Waals surface area contributed by atoms with Gasteiger partial charge < -0.3 is 19.1 Å². The van der Waals surface area contributed by atoms with Crippen molar-refractivity contribution in [2.75, 3.05) is 13.2 Å². The molecule has 2 aliphatic carbocycles. The Balaban J connectivity index is 1.01. The molecule has 0 bridgehead atoms. The van der Waals surface area contributed by atoms with Crippen molar-refractivity contribution in [2.24, 2.45) is 0 Å². The number of nitrogens with zero attached hydrogens (tertiary/aromatic N) is 1. The Labute approximate surface area is 479 Å². The largest absolute Gasteiger partial charge is 0.494 e. The van der Waals surface area contributed by atoms with Gasteiger partial charge in [-0.1, -0.05) is 236 Å². The monoisotopic (exact) mass is 1110 g/mol. The lowest BCUT2D eigenvalue weighted by Gasteiger charge is -2.34. The molecule has 0 radical (unpaired) electrons. The summed E-state index contributed by atoms with van der Waals surface area (Å²) >= 11 is 3.99. The van der Waals surface area contributed by atoms with E-state index < -0.39 is 11.0 Å². The van der Waals surface area contributed by atoms with Gasteiger partial charge in [0.15, 0.2) is 0 Å². The Hall–Kier alpha value is -6.40. The first-order valence-electron chi connectivity index (χ1n) is 30.3. The third-order valence-corrected chi connectivity index (χ3v) is 18.0. The lowest BCUT2D eigenvalue weighted by molar-refractivity contribution is 0.130. The third kappa shape index (κ3) is 10.8. The number of halogens is 1. The summed E-state index contributed by atoms with van der Waals surface area (Å²) in [6, 6.07) is 62.7. The summed E-state index contributed by atoms with van der Waals surface area (Å²) in [6.07, 6.45) is 22.3. The molecule has 79 heavy (non-hydrogen) atoms. The van der Waals surface area contributed by atoms with Gasteiger partial charge in [-0.15, -0.1) is 0 Å². The summed E-state index contributed by atoms with van der Waals surface area (Å²) in [6.45, 7) is 9.25. The van der Waals surface area contributed by atoms with E-state index in [9.17, 15) is 5.11 Å². The quantitative estimate of drug-likeness (QED) is 0.0522. The van der Waals surface area contributed by atoms with Crippen molar-refractivity contribution in [1.82, 2.24) is 4.57 Å². The lowest BCUT2D eigenvalue weighted by Crippen LogP contribution is -2.28. The van der Waals surface area contributed by atoms with Crippen LogP contribution in [0.2, 0.25) is 0 Å². The number of ether oxygens (including phenoxy) is 2. The molecule has 1 heterocycles. The first-order chi connectivity index (χ1) is 38.9. The molecule has 0 saturated heterocycles. The maximum Gasteiger partial charge on any atom is 0.141 e. The highest BCUT2D eigenvalue weighted by Gasteiger charge is 2.47. The molecule has 2 atom stereocenters. The van der Waals surface area contributed by atoms with Gasteiger partial charge in [0.05, 0.1) is 18.6 Å². The molecule has 11 rings (SSSR count). The van der Waals surface area contributed by atoms with Crippen molar-refractivity contribution in [3.63, 3.8) is 0 Å². The third-order valence-electron chi connectivity index (χ3n) is 17.5. The van der Waals surface area contributed by atoms with Crippen molar-refractivity contribution >= 4 is 37.7 Å². The smallest absolute Gasteiger partial charge is 0.141 e. The summed E-state index contributed by atoms with van der Waals surface area (Å²) in [5, 5.41) is 15.9. The van der Waals surface area contributed by atoms with Gasteiger partial charge in [0.2, 0.25) is 0 Å². The molecular formula is C74H80BrNO3. The Morgan fingerprint density at radius 1 is 0.392 bits per heavy atom. The Morgan fingerprint density at radius 2 is 0.873 bits per heavy atom. The lowest BCUT2D eigenvalue weighted by atomic mass is 9.67. The maximum absolute atomic E-state index is 13.4. The van der Waals surface area contributed by atoms with Crippen LogP contribution < -0.4 is 9.47 Å². The molecule has 0 spiro atoms. The molecule has 8 aromatic carbocycles. The number of aliphatic hydroxyl groups is 1. The van der Waals surface area contributed by atoms with E-state index in [-0.39, 0.29) is 0 Å². The van der Waals surface area contributed by atoms with Crippen LogP contribution in [0, 0.1) is 0 Å². The van der Waals surface area contributed by atoms with Gasteiger partial charge in [-0.3, -0.25) is 0 Å². The van der Waals surface area contributed by atoms with Gasteiger partial charge >= 0.3 is 0 Å². The van der Waals surface area contributed by atoms with Crippen LogP contribution in [0.4, 0.5) is 0 Å². The highest BCUT2D eigenvalue weighted by Crippen LogP contribution is 2.59. The van der Waals surface area contributed by atoms with Crippen LogP contribution in [0.25, 0.3) is 55.2 Å². The zero-order valence-corrected chi connectivity index (χ0v) is 48.7. The summed E-state index contributed by atoms with van der Waals surface area (Å²) in [7, 11) is 0. The number of rotatable bonds is 27. The molecule has 2 unspecified atom stereocenters. The van der Waals surface area contributed by atoms with Crippen LogP contribution in [0.15, 0.2) is 174 Å². The average molecular weight is 1110 g/mol. The van der Waals surface area contributed by atoms with E-state index in [1.165, 1.54) is 158 Å². The Kier molecular flexibility index (Phi) is 17.2. The summed E-state index contributed by atoms with van der Waals surface area (Å²) in [5.74, 6) is 1.74. The normalized spacial score (nSPS) is 16.1.